The highest BCUT2D eigenvalue weighted by atomic mass is 16.3. The maximum atomic E-state index is 12.6. The van der Waals surface area contributed by atoms with E-state index in [2.05, 4.69) is 16.8 Å². The molecule has 2 N–H and O–H groups in total. The number of aromatic nitrogens is 1. The summed E-state index contributed by atoms with van der Waals surface area (Å²) in [6.45, 7) is 2.98. The number of carbonyl (C=O) groups excluding carboxylic acids is 1. The Morgan fingerprint density at radius 2 is 2.43 bits per heavy atom. The van der Waals surface area contributed by atoms with Crippen molar-refractivity contribution in [3.8, 4) is 11.8 Å². The van der Waals surface area contributed by atoms with Gasteiger partial charge in [-0.2, -0.15) is 0 Å². The number of hydrogen-bond acceptors (Lipinski definition) is 4. The second-order valence-corrected chi connectivity index (χ2v) is 5.24. The van der Waals surface area contributed by atoms with Crippen molar-refractivity contribution in [1.29, 1.82) is 0 Å². The molecular formula is C16H20N2O3. The fourth-order valence-electron chi connectivity index (χ4n) is 2.43. The standard InChI is InChI=1S/C16H20N2O3/c1-12(20)14-6-8-18(11-14)16(21)15-5-7-17-10-13(15)4-2-3-9-19/h5,7,10,12,14,19-20H,3,6,8-9,11H2,1H3. The molecule has 2 atom stereocenters. The molecule has 21 heavy (non-hydrogen) atoms. The third-order valence-electron chi connectivity index (χ3n) is 3.71. The van der Waals surface area contributed by atoms with Crippen molar-refractivity contribution in [2.24, 2.45) is 5.92 Å². The second kappa shape index (κ2) is 7.21. The summed E-state index contributed by atoms with van der Waals surface area (Å²) in [5, 5.41) is 18.4. The highest BCUT2D eigenvalue weighted by Gasteiger charge is 2.30. The number of pyridine rings is 1. The molecule has 1 saturated heterocycles. The lowest BCUT2D eigenvalue weighted by molar-refractivity contribution is 0.0762. The first kappa shape index (κ1) is 15.5. The van der Waals surface area contributed by atoms with Gasteiger partial charge in [0.15, 0.2) is 0 Å². The van der Waals surface area contributed by atoms with Gasteiger partial charge in [0, 0.05) is 37.8 Å². The first-order valence-corrected chi connectivity index (χ1v) is 7.14. The number of amides is 1. The van der Waals surface area contributed by atoms with Gasteiger partial charge in [-0.3, -0.25) is 9.78 Å². The van der Waals surface area contributed by atoms with Gasteiger partial charge >= 0.3 is 0 Å². The second-order valence-electron chi connectivity index (χ2n) is 5.24. The lowest BCUT2D eigenvalue weighted by Crippen LogP contribution is -2.31. The molecule has 0 spiro atoms. The highest BCUT2D eigenvalue weighted by Crippen LogP contribution is 2.22. The van der Waals surface area contributed by atoms with E-state index in [9.17, 15) is 9.90 Å². The van der Waals surface area contributed by atoms with Crippen LogP contribution in [0.5, 0.6) is 0 Å². The van der Waals surface area contributed by atoms with E-state index in [0.29, 0.717) is 30.6 Å². The van der Waals surface area contributed by atoms with Crippen LogP contribution in [0.15, 0.2) is 18.5 Å². The Kier molecular flexibility index (Phi) is 5.32. The summed E-state index contributed by atoms with van der Waals surface area (Å²) in [7, 11) is 0. The van der Waals surface area contributed by atoms with E-state index in [1.807, 2.05) is 0 Å². The quantitative estimate of drug-likeness (QED) is 0.801. The van der Waals surface area contributed by atoms with Crippen molar-refractivity contribution in [3.63, 3.8) is 0 Å². The normalized spacial score (nSPS) is 19.0. The summed E-state index contributed by atoms with van der Waals surface area (Å²) < 4.78 is 0. The molecule has 0 radical (unpaired) electrons. The van der Waals surface area contributed by atoms with Crippen LogP contribution in [0.2, 0.25) is 0 Å². The summed E-state index contributed by atoms with van der Waals surface area (Å²) in [6, 6.07) is 1.67. The number of likely N-dealkylation sites (tertiary alicyclic amines) is 1. The Morgan fingerprint density at radius 3 is 3.10 bits per heavy atom. The molecule has 5 heteroatoms. The van der Waals surface area contributed by atoms with Crippen molar-refractivity contribution in [2.75, 3.05) is 19.7 Å². The average molecular weight is 288 g/mol. The van der Waals surface area contributed by atoms with Gasteiger partial charge in [0.25, 0.3) is 5.91 Å². The molecule has 1 aliphatic heterocycles. The van der Waals surface area contributed by atoms with Crippen LogP contribution in [0, 0.1) is 17.8 Å². The predicted molar refractivity (Wildman–Crippen MR) is 78.5 cm³/mol. The van der Waals surface area contributed by atoms with Crippen LogP contribution in [-0.4, -0.2) is 51.8 Å². The van der Waals surface area contributed by atoms with Crippen LogP contribution in [0.1, 0.15) is 35.7 Å². The number of rotatable bonds is 3. The molecule has 5 nitrogen and oxygen atoms in total. The summed E-state index contributed by atoms with van der Waals surface area (Å²) in [4.78, 5) is 18.3. The SMILES string of the molecule is CC(O)C1CCN(C(=O)c2ccncc2C#CCCO)C1. The van der Waals surface area contributed by atoms with E-state index in [4.69, 9.17) is 5.11 Å². The van der Waals surface area contributed by atoms with Crippen molar-refractivity contribution < 1.29 is 15.0 Å². The Labute approximate surface area is 124 Å². The molecule has 112 valence electrons. The van der Waals surface area contributed by atoms with Gasteiger partial charge in [0.1, 0.15) is 0 Å². The van der Waals surface area contributed by atoms with Crippen LogP contribution >= 0.6 is 0 Å². The van der Waals surface area contributed by atoms with E-state index in [-0.39, 0.29) is 18.4 Å². The van der Waals surface area contributed by atoms with Crippen LogP contribution in [0.25, 0.3) is 0 Å². The summed E-state index contributed by atoms with van der Waals surface area (Å²) in [5.41, 5.74) is 1.11. The molecule has 2 unspecified atom stereocenters. The largest absolute Gasteiger partial charge is 0.395 e. The number of nitrogens with zero attached hydrogens (tertiary/aromatic N) is 2. The molecule has 0 aliphatic carbocycles. The van der Waals surface area contributed by atoms with Crippen LogP contribution in [0.3, 0.4) is 0 Å². The molecule has 2 heterocycles. The van der Waals surface area contributed by atoms with Gasteiger partial charge in [-0.05, 0) is 19.4 Å². The van der Waals surface area contributed by atoms with Gasteiger partial charge in [0.2, 0.25) is 0 Å². The Hall–Kier alpha value is -1.90. The number of aliphatic hydroxyl groups is 2. The van der Waals surface area contributed by atoms with E-state index in [1.165, 1.54) is 0 Å². The monoisotopic (exact) mass is 288 g/mol. The van der Waals surface area contributed by atoms with Gasteiger partial charge in [-0.1, -0.05) is 11.8 Å². The fraction of sp³-hybridized carbons (Fsp3) is 0.500. The Balaban J connectivity index is 2.15. The first-order chi connectivity index (χ1) is 10.1. The van der Waals surface area contributed by atoms with E-state index in [0.717, 1.165) is 6.42 Å². The zero-order chi connectivity index (χ0) is 15.2. The van der Waals surface area contributed by atoms with E-state index in [1.54, 1.807) is 30.3 Å². The third-order valence-corrected chi connectivity index (χ3v) is 3.71. The summed E-state index contributed by atoms with van der Waals surface area (Å²) in [6.07, 6.45) is 3.94. The van der Waals surface area contributed by atoms with Gasteiger partial charge < -0.3 is 15.1 Å². The summed E-state index contributed by atoms with van der Waals surface area (Å²) >= 11 is 0. The maximum absolute atomic E-state index is 12.6. The zero-order valence-electron chi connectivity index (χ0n) is 12.1. The highest BCUT2D eigenvalue weighted by molar-refractivity contribution is 5.96. The molecule has 0 aromatic carbocycles. The Bertz CT molecular complexity index is 560. The van der Waals surface area contributed by atoms with Crippen molar-refractivity contribution in [3.05, 3.63) is 29.6 Å². The minimum Gasteiger partial charge on any atom is -0.395 e. The van der Waals surface area contributed by atoms with Crippen molar-refractivity contribution >= 4 is 5.91 Å². The maximum Gasteiger partial charge on any atom is 0.255 e. The predicted octanol–water partition coefficient (Wildman–Crippen LogP) is 0.658. The molecule has 1 aliphatic rings. The zero-order valence-corrected chi connectivity index (χ0v) is 12.1. The topological polar surface area (TPSA) is 73.7 Å². The number of aliphatic hydroxyl groups excluding tert-OH is 2. The van der Waals surface area contributed by atoms with Crippen LogP contribution in [-0.2, 0) is 0 Å². The van der Waals surface area contributed by atoms with Crippen LogP contribution in [0.4, 0.5) is 0 Å². The lowest BCUT2D eigenvalue weighted by Gasteiger charge is -2.18. The lowest BCUT2D eigenvalue weighted by atomic mass is 10.0. The van der Waals surface area contributed by atoms with Gasteiger partial charge in [-0.25, -0.2) is 0 Å². The molecular weight excluding hydrogens is 268 g/mol. The van der Waals surface area contributed by atoms with Crippen LogP contribution < -0.4 is 0 Å². The molecule has 2 rings (SSSR count). The molecule has 1 amide bonds. The van der Waals surface area contributed by atoms with E-state index < -0.39 is 6.10 Å². The number of hydrogen-bond donors (Lipinski definition) is 2. The minimum atomic E-state index is -0.399. The summed E-state index contributed by atoms with van der Waals surface area (Å²) in [5.74, 6) is 5.76. The number of carbonyl (C=O) groups is 1. The molecule has 0 saturated carbocycles. The third kappa shape index (κ3) is 3.81. The Morgan fingerprint density at radius 1 is 1.62 bits per heavy atom. The van der Waals surface area contributed by atoms with Crippen molar-refractivity contribution in [2.45, 2.75) is 25.9 Å². The molecule has 0 bridgehead atoms. The fourth-order valence-corrected chi connectivity index (χ4v) is 2.43. The average Bonchev–Trinajstić information content (AvgIpc) is 2.97. The smallest absolute Gasteiger partial charge is 0.255 e. The molecule has 1 aromatic rings. The first-order valence-electron chi connectivity index (χ1n) is 7.14. The van der Waals surface area contributed by atoms with Gasteiger partial charge in [0.05, 0.1) is 23.8 Å². The van der Waals surface area contributed by atoms with Crippen molar-refractivity contribution in [1.82, 2.24) is 9.88 Å². The minimum absolute atomic E-state index is 0.00125. The van der Waals surface area contributed by atoms with E-state index >= 15 is 0 Å². The van der Waals surface area contributed by atoms with Gasteiger partial charge in [-0.15, -0.1) is 0 Å². The molecule has 1 aromatic heterocycles. The molecule has 1 fully saturated rings.